The molecule has 3 aromatic heterocycles. The van der Waals surface area contributed by atoms with Crippen LogP contribution in [0, 0.1) is 6.92 Å². The number of aliphatic hydroxyl groups excluding tert-OH is 1. The van der Waals surface area contributed by atoms with Crippen molar-refractivity contribution >= 4 is 33.3 Å². The Labute approximate surface area is 197 Å². The molecule has 0 saturated carbocycles. The van der Waals surface area contributed by atoms with E-state index in [0.717, 1.165) is 71.2 Å². The molecule has 33 heavy (non-hydrogen) atoms. The fourth-order valence-electron chi connectivity index (χ4n) is 4.99. The SMILES string of the molecule is Cc1cc(-c2nsc3c(N4CC(O)C4)cc(N4CCOC[C@H]4C)nc23)n(C2CCCCO2)n1. The van der Waals surface area contributed by atoms with Crippen molar-refractivity contribution in [2.24, 2.45) is 0 Å². The Balaban J connectivity index is 1.49. The fourth-order valence-corrected chi connectivity index (χ4v) is 5.86. The highest BCUT2D eigenvalue weighted by Gasteiger charge is 2.31. The summed E-state index contributed by atoms with van der Waals surface area (Å²) >= 11 is 1.47. The first-order valence-corrected chi connectivity index (χ1v) is 12.6. The molecular formula is C23H30N6O3S. The van der Waals surface area contributed by atoms with E-state index in [2.05, 4.69) is 28.9 Å². The van der Waals surface area contributed by atoms with Gasteiger partial charge in [-0.3, -0.25) is 0 Å². The zero-order valence-electron chi connectivity index (χ0n) is 19.1. The lowest BCUT2D eigenvalue weighted by Crippen LogP contribution is -2.51. The second-order valence-corrected chi connectivity index (χ2v) is 10.1. The minimum atomic E-state index is -0.279. The molecule has 0 amide bonds. The monoisotopic (exact) mass is 470 g/mol. The molecule has 3 fully saturated rings. The van der Waals surface area contributed by atoms with Crippen molar-refractivity contribution in [3.05, 3.63) is 17.8 Å². The van der Waals surface area contributed by atoms with E-state index in [0.29, 0.717) is 26.3 Å². The molecule has 1 unspecified atom stereocenters. The molecule has 0 aromatic carbocycles. The number of rotatable bonds is 4. The van der Waals surface area contributed by atoms with Crippen molar-refractivity contribution in [2.75, 3.05) is 49.3 Å². The summed E-state index contributed by atoms with van der Waals surface area (Å²) in [4.78, 5) is 9.69. The minimum absolute atomic E-state index is 0.0633. The molecule has 6 rings (SSSR count). The Kier molecular flexibility index (Phi) is 5.48. The quantitative estimate of drug-likeness (QED) is 0.623. The highest BCUT2D eigenvalue weighted by molar-refractivity contribution is 7.14. The van der Waals surface area contributed by atoms with Crippen LogP contribution in [0.5, 0.6) is 0 Å². The molecule has 0 aliphatic carbocycles. The zero-order chi connectivity index (χ0) is 22.5. The van der Waals surface area contributed by atoms with Crippen molar-refractivity contribution < 1.29 is 14.6 Å². The molecule has 1 N–H and O–H groups in total. The molecule has 0 radical (unpaired) electrons. The number of anilines is 2. The second-order valence-electron chi connectivity index (χ2n) is 9.32. The van der Waals surface area contributed by atoms with Crippen molar-refractivity contribution in [3.8, 4) is 11.4 Å². The molecule has 3 aliphatic rings. The molecule has 0 spiro atoms. The average molecular weight is 471 g/mol. The van der Waals surface area contributed by atoms with Gasteiger partial charge in [0.15, 0.2) is 6.23 Å². The number of nitrogens with zero attached hydrogens (tertiary/aromatic N) is 6. The summed E-state index contributed by atoms with van der Waals surface area (Å²) in [6.45, 7) is 8.41. The summed E-state index contributed by atoms with van der Waals surface area (Å²) in [6, 6.07) is 4.49. The molecule has 176 valence electrons. The number of aryl methyl sites for hydroxylation is 1. The number of hydrogen-bond acceptors (Lipinski definition) is 9. The lowest BCUT2D eigenvalue weighted by molar-refractivity contribution is -0.0385. The van der Waals surface area contributed by atoms with Gasteiger partial charge in [-0.05, 0) is 50.7 Å². The smallest absolute Gasteiger partial charge is 0.150 e. The molecular weight excluding hydrogens is 440 g/mol. The van der Waals surface area contributed by atoms with E-state index in [1.165, 1.54) is 11.5 Å². The van der Waals surface area contributed by atoms with E-state index in [9.17, 15) is 5.11 Å². The van der Waals surface area contributed by atoms with Crippen LogP contribution in [0.1, 0.15) is 38.1 Å². The number of pyridine rings is 1. The molecule has 2 atom stereocenters. The van der Waals surface area contributed by atoms with Crippen LogP contribution in [-0.2, 0) is 9.47 Å². The average Bonchev–Trinajstić information content (AvgIpc) is 3.40. The van der Waals surface area contributed by atoms with Crippen LogP contribution in [0.15, 0.2) is 12.1 Å². The maximum Gasteiger partial charge on any atom is 0.150 e. The van der Waals surface area contributed by atoms with E-state index < -0.39 is 0 Å². The Hall–Kier alpha value is -2.27. The van der Waals surface area contributed by atoms with Gasteiger partial charge in [-0.15, -0.1) is 0 Å². The van der Waals surface area contributed by atoms with Gasteiger partial charge in [0.05, 0.1) is 47.1 Å². The summed E-state index contributed by atoms with van der Waals surface area (Å²) in [5, 5.41) is 14.7. The maximum absolute atomic E-state index is 9.96. The summed E-state index contributed by atoms with van der Waals surface area (Å²) in [6.07, 6.45) is 2.85. The first kappa shape index (κ1) is 21.3. The van der Waals surface area contributed by atoms with Crippen molar-refractivity contribution in [3.63, 3.8) is 0 Å². The number of aromatic nitrogens is 4. The van der Waals surface area contributed by atoms with E-state index in [4.69, 9.17) is 23.9 Å². The lowest BCUT2D eigenvalue weighted by atomic mass is 10.1. The van der Waals surface area contributed by atoms with Gasteiger partial charge in [-0.25, -0.2) is 9.67 Å². The maximum atomic E-state index is 9.96. The topological polar surface area (TPSA) is 88.8 Å². The Morgan fingerprint density at radius 1 is 1.18 bits per heavy atom. The summed E-state index contributed by atoms with van der Waals surface area (Å²) < 4.78 is 19.7. The number of ether oxygens (including phenoxy) is 2. The normalized spacial score (nSPS) is 24.5. The van der Waals surface area contributed by atoms with E-state index in [1.807, 2.05) is 11.6 Å². The van der Waals surface area contributed by atoms with Crippen molar-refractivity contribution in [2.45, 2.75) is 51.5 Å². The van der Waals surface area contributed by atoms with Gasteiger partial charge >= 0.3 is 0 Å². The number of fused-ring (bicyclic) bond motifs is 1. The van der Waals surface area contributed by atoms with Gasteiger partial charge < -0.3 is 24.4 Å². The van der Waals surface area contributed by atoms with E-state index in [-0.39, 0.29) is 18.4 Å². The van der Waals surface area contributed by atoms with Gasteiger partial charge in [-0.1, -0.05) is 0 Å². The molecule has 10 heteroatoms. The summed E-state index contributed by atoms with van der Waals surface area (Å²) in [5.41, 5.74) is 4.75. The molecule has 3 aromatic rings. The van der Waals surface area contributed by atoms with Crippen LogP contribution >= 0.6 is 11.5 Å². The summed E-state index contributed by atoms with van der Waals surface area (Å²) in [7, 11) is 0. The third kappa shape index (κ3) is 3.78. The largest absolute Gasteiger partial charge is 0.389 e. The van der Waals surface area contributed by atoms with E-state index in [1.54, 1.807) is 0 Å². The van der Waals surface area contributed by atoms with Crippen LogP contribution in [-0.4, -0.2) is 75.8 Å². The lowest BCUT2D eigenvalue weighted by Gasteiger charge is -2.39. The molecule has 6 heterocycles. The zero-order valence-corrected chi connectivity index (χ0v) is 19.9. The van der Waals surface area contributed by atoms with Gasteiger partial charge in [0.1, 0.15) is 17.0 Å². The molecule has 3 saturated heterocycles. The van der Waals surface area contributed by atoms with Crippen LogP contribution in [0.4, 0.5) is 11.5 Å². The van der Waals surface area contributed by atoms with Crippen molar-refractivity contribution in [1.82, 2.24) is 19.1 Å². The van der Waals surface area contributed by atoms with Gasteiger partial charge in [0, 0.05) is 32.3 Å². The van der Waals surface area contributed by atoms with Crippen LogP contribution in [0.3, 0.4) is 0 Å². The Bertz CT molecular complexity index is 1150. The predicted molar refractivity (Wildman–Crippen MR) is 128 cm³/mol. The first-order chi connectivity index (χ1) is 16.1. The molecule has 9 nitrogen and oxygen atoms in total. The number of aliphatic hydroxyl groups is 1. The Morgan fingerprint density at radius 3 is 2.82 bits per heavy atom. The van der Waals surface area contributed by atoms with Crippen molar-refractivity contribution in [1.29, 1.82) is 0 Å². The third-order valence-corrected chi connectivity index (χ3v) is 7.65. The third-order valence-electron chi connectivity index (χ3n) is 6.79. The predicted octanol–water partition coefficient (Wildman–Crippen LogP) is 2.97. The summed E-state index contributed by atoms with van der Waals surface area (Å²) in [5.74, 6) is 0.938. The number of morpholine rings is 1. The highest BCUT2D eigenvalue weighted by atomic mass is 32.1. The van der Waals surface area contributed by atoms with Gasteiger partial charge in [-0.2, -0.15) is 9.47 Å². The van der Waals surface area contributed by atoms with Crippen LogP contribution < -0.4 is 9.80 Å². The fraction of sp³-hybridized carbons (Fsp3) is 0.609. The number of hydrogen-bond donors (Lipinski definition) is 1. The van der Waals surface area contributed by atoms with E-state index >= 15 is 0 Å². The Morgan fingerprint density at radius 2 is 2.06 bits per heavy atom. The molecule has 0 bridgehead atoms. The molecule has 3 aliphatic heterocycles. The van der Waals surface area contributed by atoms with Crippen LogP contribution in [0.25, 0.3) is 21.6 Å². The van der Waals surface area contributed by atoms with Crippen LogP contribution in [0.2, 0.25) is 0 Å². The highest BCUT2D eigenvalue weighted by Crippen LogP contribution is 2.41. The van der Waals surface area contributed by atoms with Gasteiger partial charge in [0.25, 0.3) is 0 Å². The number of β-amino-alcohol motifs (C(OH)–C–C–N with tert-alkyl or cyclic N) is 1. The second kappa shape index (κ2) is 8.50. The first-order valence-electron chi connectivity index (χ1n) is 11.8. The standard InChI is InChI=1S/C23H30N6O3S/c1-14-9-17(29(25-14)20-5-3-4-7-32-20)21-22-23(33-26-21)18(27-11-16(30)12-27)10-19(24-22)28-6-8-31-13-15(28)2/h9-10,15-16,20,30H,3-8,11-13H2,1-2H3/t15-,20?/m1/s1. The minimum Gasteiger partial charge on any atom is -0.389 e. The van der Waals surface area contributed by atoms with Gasteiger partial charge in [0.2, 0.25) is 0 Å².